The van der Waals surface area contributed by atoms with Crippen molar-refractivity contribution in [1.29, 1.82) is 0 Å². The molecule has 10 nitrogen and oxygen atoms in total. The van der Waals surface area contributed by atoms with Crippen LogP contribution in [0.2, 0.25) is 60.4 Å². The van der Waals surface area contributed by atoms with E-state index in [-0.39, 0.29) is 21.1 Å². The Hall–Kier alpha value is -0.329. The van der Waals surface area contributed by atoms with Crippen molar-refractivity contribution in [3.8, 4) is 0 Å². The Morgan fingerprint density at radius 1 is 0.515 bits per heavy atom. The molecule has 0 unspecified atom stereocenters. The van der Waals surface area contributed by atoms with Crippen LogP contribution in [0.25, 0.3) is 0 Å². The summed E-state index contributed by atoms with van der Waals surface area (Å²) >= 11 is 23.2. The van der Waals surface area contributed by atoms with Gasteiger partial charge in [0, 0.05) is 26.1 Å². The number of nitrogens with zero attached hydrogens (tertiary/aromatic N) is 6. The Kier molecular flexibility index (Phi) is 10.6. The first-order valence-corrected chi connectivity index (χ1v) is 19.9. The Bertz CT molecular complexity index is 846. The molecule has 0 aliphatic carbocycles. The monoisotopic (exact) mass is 590 g/mol. The SMILES string of the molecule is C[Si](C)(OCCc1nc(Cl)nc(Cl)n1)O[Si](C)(C)O[Si](C)(C)OCCc1nc(Cl)nc(Cl)n1. The van der Waals surface area contributed by atoms with Crippen LogP contribution < -0.4 is 0 Å². The Morgan fingerprint density at radius 2 is 0.818 bits per heavy atom. The molecule has 0 saturated carbocycles. The Balaban J connectivity index is 1.83. The van der Waals surface area contributed by atoms with Gasteiger partial charge in [-0.15, -0.1) is 0 Å². The van der Waals surface area contributed by atoms with Crippen molar-refractivity contribution in [2.75, 3.05) is 13.2 Å². The minimum atomic E-state index is -2.56. The van der Waals surface area contributed by atoms with Gasteiger partial charge in [-0.25, -0.2) is 19.9 Å². The second kappa shape index (κ2) is 12.1. The molecule has 0 radical (unpaired) electrons. The predicted molar refractivity (Wildman–Crippen MR) is 134 cm³/mol. The lowest BCUT2D eigenvalue weighted by atomic mass is 10.4. The second-order valence-corrected chi connectivity index (χ2v) is 20.1. The summed E-state index contributed by atoms with van der Waals surface area (Å²) < 4.78 is 24.8. The molecule has 0 saturated heterocycles. The minimum absolute atomic E-state index is 0.0496. The Morgan fingerprint density at radius 3 is 1.12 bits per heavy atom. The van der Waals surface area contributed by atoms with E-state index in [1.807, 2.05) is 39.3 Å². The van der Waals surface area contributed by atoms with Crippen molar-refractivity contribution >= 4 is 72.1 Å². The summed E-state index contributed by atoms with van der Waals surface area (Å²) in [5.41, 5.74) is 0. The largest absolute Gasteiger partial charge is 0.415 e. The van der Waals surface area contributed by atoms with E-state index in [4.69, 9.17) is 63.5 Å². The van der Waals surface area contributed by atoms with E-state index in [1.54, 1.807) is 0 Å². The van der Waals surface area contributed by atoms with Crippen LogP contribution in [0, 0.1) is 0 Å². The zero-order valence-corrected chi connectivity index (χ0v) is 25.2. The molecule has 2 rings (SSSR count). The molecular weight excluding hydrogens is 566 g/mol. The molecule has 0 atom stereocenters. The highest BCUT2D eigenvalue weighted by molar-refractivity contribution is 6.84. The molecule has 0 amide bonds. The Labute approximate surface area is 216 Å². The molecule has 33 heavy (non-hydrogen) atoms. The average molecular weight is 592 g/mol. The van der Waals surface area contributed by atoms with E-state index in [9.17, 15) is 0 Å². The average Bonchev–Trinajstić information content (AvgIpc) is 2.57. The van der Waals surface area contributed by atoms with Crippen LogP contribution in [0.3, 0.4) is 0 Å². The van der Waals surface area contributed by atoms with Crippen molar-refractivity contribution in [3.05, 3.63) is 32.8 Å². The van der Waals surface area contributed by atoms with Crippen LogP contribution >= 0.6 is 46.4 Å². The third-order valence-corrected chi connectivity index (χ3v) is 14.1. The van der Waals surface area contributed by atoms with Crippen LogP contribution in [-0.2, 0) is 29.9 Å². The van der Waals surface area contributed by atoms with Gasteiger partial charge in [0.2, 0.25) is 21.1 Å². The number of hydrogen-bond acceptors (Lipinski definition) is 10. The maximum Gasteiger partial charge on any atom is 0.322 e. The first kappa shape index (κ1) is 28.9. The molecule has 2 aromatic rings. The standard InChI is InChI=1S/C16H26Cl4N6O4Si3/c1-31(2,27-9-7-11-21-13(17)25-14(18)22-11)29-33(5,6)30-32(3,4)28-10-8-12-23-15(19)26-16(20)24-12/h7-10H2,1-6H3. The number of halogens is 4. The summed E-state index contributed by atoms with van der Waals surface area (Å²) in [7, 11) is -7.57. The lowest BCUT2D eigenvalue weighted by Crippen LogP contribution is -2.54. The molecular formula is C16H26Cl4N6O4Si3. The van der Waals surface area contributed by atoms with Gasteiger partial charge >= 0.3 is 25.7 Å². The molecule has 17 heteroatoms. The fourth-order valence-corrected chi connectivity index (χ4v) is 15.5. The highest BCUT2D eigenvalue weighted by Crippen LogP contribution is 2.22. The topological polar surface area (TPSA) is 114 Å². The van der Waals surface area contributed by atoms with Crippen molar-refractivity contribution in [2.24, 2.45) is 0 Å². The van der Waals surface area contributed by atoms with Gasteiger partial charge in [-0.2, -0.15) is 9.97 Å². The summed E-state index contributed by atoms with van der Waals surface area (Å²) in [6.07, 6.45) is 0.859. The van der Waals surface area contributed by atoms with E-state index < -0.39 is 25.7 Å². The van der Waals surface area contributed by atoms with Crippen molar-refractivity contribution < 1.29 is 17.1 Å². The van der Waals surface area contributed by atoms with Crippen molar-refractivity contribution in [1.82, 2.24) is 29.9 Å². The smallest absolute Gasteiger partial charge is 0.322 e. The predicted octanol–water partition coefficient (Wildman–Crippen LogP) is 4.63. The third-order valence-electron chi connectivity index (χ3n) is 3.79. The van der Waals surface area contributed by atoms with Gasteiger partial charge in [0.15, 0.2) is 0 Å². The molecule has 2 aromatic heterocycles. The maximum atomic E-state index is 6.36. The van der Waals surface area contributed by atoms with E-state index >= 15 is 0 Å². The highest BCUT2D eigenvalue weighted by atomic mass is 35.5. The van der Waals surface area contributed by atoms with Crippen LogP contribution in [0.4, 0.5) is 0 Å². The summed E-state index contributed by atoms with van der Waals surface area (Å²) in [4.78, 5) is 23.6. The number of hydrogen-bond donors (Lipinski definition) is 0. The fourth-order valence-electron chi connectivity index (χ4n) is 2.99. The highest BCUT2D eigenvalue weighted by Gasteiger charge is 2.41. The normalized spacial score (nSPS) is 12.9. The van der Waals surface area contributed by atoms with Gasteiger partial charge in [0.1, 0.15) is 11.6 Å². The van der Waals surface area contributed by atoms with E-state index in [0.29, 0.717) is 37.7 Å². The number of rotatable bonds is 12. The molecule has 2 heterocycles. The quantitative estimate of drug-likeness (QED) is 0.323. The first-order chi connectivity index (χ1) is 15.1. The molecule has 0 aliphatic rings. The van der Waals surface area contributed by atoms with E-state index in [0.717, 1.165) is 0 Å². The van der Waals surface area contributed by atoms with Gasteiger partial charge < -0.3 is 17.1 Å². The van der Waals surface area contributed by atoms with E-state index in [2.05, 4.69) is 29.9 Å². The van der Waals surface area contributed by atoms with Crippen molar-refractivity contribution in [3.63, 3.8) is 0 Å². The molecule has 0 aliphatic heterocycles. The fraction of sp³-hybridized carbons (Fsp3) is 0.625. The van der Waals surface area contributed by atoms with Crippen LogP contribution in [0.15, 0.2) is 0 Å². The zero-order valence-electron chi connectivity index (χ0n) is 19.2. The van der Waals surface area contributed by atoms with E-state index in [1.165, 1.54) is 0 Å². The summed E-state index contributed by atoms with van der Waals surface area (Å²) in [6.45, 7) is 12.5. The van der Waals surface area contributed by atoms with Gasteiger partial charge in [-0.1, -0.05) is 0 Å². The van der Waals surface area contributed by atoms with Crippen LogP contribution in [-0.4, -0.2) is 68.8 Å². The second-order valence-electron chi connectivity index (χ2n) is 8.18. The summed E-state index contributed by atoms with van der Waals surface area (Å²) in [5, 5.41) is 0.198. The van der Waals surface area contributed by atoms with Crippen LogP contribution in [0.1, 0.15) is 11.6 Å². The lowest BCUT2D eigenvalue weighted by molar-refractivity contribution is 0.205. The van der Waals surface area contributed by atoms with Crippen molar-refractivity contribution in [2.45, 2.75) is 52.1 Å². The van der Waals surface area contributed by atoms with Gasteiger partial charge in [0.05, 0.1) is 0 Å². The molecule has 0 bridgehead atoms. The minimum Gasteiger partial charge on any atom is -0.415 e. The lowest BCUT2D eigenvalue weighted by Gasteiger charge is -2.37. The van der Waals surface area contributed by atoms with Gasteiger partial charge in [-0.05, 0) is 85.7 Å². The van der Waals surface area contributed by atoms with Gasteiger partial charge in [-0.3, -0.25) is 0 Å². The van der Waals surface area contributed by atoms with Gasteiger partial charge in [0.25, 0.3) is 0 Å². The first-order valence-electron chi connectivity index (χ1n) is 9.95. The van der Waals surface area contributed by atoms with Crippen LogP contribution in [0.5, 0.6) is 0 Å². The summed E-state index contributed by atoms with van der Waals surface area (Å²) in [6, 6.07) is 0. The molecule has 184 valence electrons. The molecule has 0 aromatic carbocycles. The molecule has 0 N–H and O–H groups in total. The summed E-state index contributed by atoms with van der Waals surface area (Å²) in [5.74, 6) is 0.917. The molecule has 0 fully saturated rings. The number of aromatic nitrogens is 6. The maximum absolute atomic E-state index is 6.36. The molecule has 0 spiro atoms. The zero-order chi connectivity index (χ0) is 24.9. The third kappa shape index (κ3) is 11.3.